The van der Waals surface area contributed by atoms with Crippen LogP contribution in [-0.2, 0) is 4.74 Å². The average Bonchev–Trinajstić information content (AvgIpc) is 3.29. The summed E-state index contributed by atoms with van der Waals surface area (Å²) in [6.45, 7) is 7.87. The van der Waals surface area contributed by atoms with Crippen molar-refractivity contribution in [3.63, 3.8) is 0 Å². The van der Waals surface area contributed by atoms with E-state index in [0.717, 1.165) is 70.5 Å². The number of anilines is 1. The summed E-state index contributed by atoms with van der Waals surface area (Å²) >= 11 is 1.83. The van der Waals surface area contributed by atoms with Crippen LogP contribution < -0.4 is 15.5 Å². The van der Waals surface area contributed by atoms with Gasteiger partial charge in [0.2, 0.25) is 0 Å². The first kappa shape index (κ1) is 21.8. The first-order valence-electron chi connectivity index (χ1n) is 9.76. The number of halogens is 1. The maximum atomic E-state index is 5.68. The van der Waals surface area contributed by atoms with Gasteiger partial charge in [-0.05, 0) is 62.5 Å². The summed E-state index contributed by atoms with van der Waals surface area (Å²) in [7, 11) is 0. The normalized spacial score (nSPS) is 18.5. The lowest BCUT2D eigenvalue weighted by Gasteiger charge is -2.33. The van der Waals surface area contributed by atoms with E-state index in [4.69, 9.17) is 9.73 Å². The molecule has 0 unspecified atom stereocenters. The SMILES string of the molecule is CCNC(=NCCCOCC1CC1)NC1CCN(c2cccs2)CC1.I. The lowest BCUT2D eigenvalue weighted by molar-refractivity contribution is 0.123. The van der Waals surface area contributed by atoms with E-state index in [1.165, 1.54) is 17.8 Å². The fourth-order valence-electron chi connectivity index (χ4n) is 3.10. The Balaban J connectivity index is 0.00000243. The zero-order valence-corrected chi connectivity index (χ0v) is 18.9. The highest BCUT2D eigenvalue weighted by atomic mass is 127. The van der Waals surface area contributed by atoms with E-state index >= 15 is 0 Å². The molecule has 0 atom stereocenters. The van der Waals surface area contributed by atoms with Crippen LogP contribution in [-0.4, -0.2) is 51.4 Å². The molecule has 1 aliphatic carbocycles. The molecule has 7 heteroatoms. The van der Waals surface area contributed by atoms with Gasteiger partial charge >= 0.3 is 0 Å². The Morgan fingerprint density at radius 3 is 2.77 bits per heavy atom. The minimum atomic E-state index is 0. The van der Waals surface area contributed by atoms with Crippen molar-refractivity contribution in [3.8, 4) is 0 Å². The summed E-state index contributed by atoms with van der Waals surface area (Å²) < 4.78 is 5.68. The fraction of sp³-hybridized carbons (Fsp3) is 0.737. The van der Waals surface area contributed by atoms with Gasteiger partial charge in [0.1, 0.15) is 0 Å². The Bertz CT molecular complexity index is 514. The monoisotopic (exact) mass is 492 g/mol. The van der Waals surface area contributed by atoms with Gasteiger partial charge < -0.3 is 20.3 Å². The minimum Gasteiger partial charge on any atom is -0.381 e. The molecule has 1 aromatic rings. The summed E-state index contributed by atoms with van der Waals surface area (Å²) in [5.41, 5.74) is 0. The topological polar surface area (TPSA) is 48.9 Å². The molecule has 0 spiro atoms. The number of hydrogen-bond donors (Lipinski definition) is 2. The molecule has 2 fully saturated rings. The highest BCUT2D eigenvalue weighted by Crippen LogP contribution is 2.28. The molecule has 5 nitrogen and oxygen atoms in total. The van der Waals surface area contributed by atoms with Crippen LogP contribution in [0.25, 0.3) is 0 Å². The van der Waals surface area contributed by atoms with Crippen LogP contribution in [0.3, 0.4) is 0 Å². The molecule has 0 amide bonds. The van der Waals surface area contributed by atoms with Gasteiger partial charge in [-0.25, -0.2) is 0 Å². The van der Waals surface area contributed by atoms with Crippen molar-refractivity contribution >= 4 is 46.3 Å². The zero-order chi connectivity index (χ0) is 17.3. The number of piperidine rings is 1. The molecule has 1 aliphatic heterocycles. The van der Waals surface area contributed by atoms with Gasteiger partial charge in [-0.3, -0.25) is 4.99 Å². The molecule has 0 bridgehead atoms. The summed E-state index contributed by atoms with van der Waals surface area (Å²) in [5, 5.41) is 10.5. The van der Waals surface area contributed by atoms with Gasteiger partial charge in [0.25, 0.3) is 0 Å². The maximum Gasteiger partial charge on any atom is 0.191 e. The second-order valence-corrected chi connectivity index (χ2v) is 7.92. The Labute approximate surface area is 179 Å². The van der Waals surface area contributed by atoms with E-state index in [1.807, 2.05) is 11.3 Å². The van der Waals surface area contributed by atoms with Crippen LogP contribution >= 0.6 is 35.3 Å². The molecule has 1 aromatic heterocycles. The molecule has 1 saturated heterocycles. The Morgan fingerprint density at radius 1 is 1.31 bits per heavy atom. The lowest BCUT2D eigenvalue weighted by Crippen LogP contribution is -2.48. The maximum absolute atomic E-state index is 5.68. The van der Waals surface area contributed by atoms with E-state index in [-0.39, 0.29) is 24.0 Å². The van der Waals surface area contributed by atoms with Gasteiger partial charge in [0.05, 0.1) is 5.00 Å². The molecule has 26 heavy (non-hydrogen) atoms. The third-order valence-corrected chi connectivity index (χ3v) is 5.69. The Morgan fingerprint density at radius 2 is 2.12 bits per heavy atom. The van der Waals surface area contributed by atoms with Gasteiger partial charge in [0, 0.05) is 45.4 Å². The Kier molecular flexibility index (Phi) is 10.1. The van der Waals surface area contributed by atoms with Crippen molar-refractivity contribution in [1.82, 2.24) is 10.6 Å². The van der Waals surface area contributed by atoms with Crippen molar-refractivity contribution in [2.24, 2.45) is 10.9 Å². The fourth-order valence-corrected chi connectivity index (χ4v) is 3.88. The van der Waals surface area contributed by atoms with Crippen LogP contribution in [0.5, 0.6) is 0 Å². The van der Waals surface area contributed by atoms with Crippen LogP contribution in [0.2, 0.25) is 0 Å². The molecular weight excluding hydrogens is 459 g/mol. The number of nitrogens with one attached hydrogen (secondary N) is 2. The summed E-state index contributed by atoms with van der Waals surface area (Å²) in [5.74, 6) is 1.81. The molecule has 2 aliphatic rings. The van der Waals surface area contributed by atoms with E-state index in [9.17, 15) is 0 Å². The standard InChI is InChI=1S/C19H32N4OS.HI/c1-2-20-19(21-10-4-13-24-15-16-6-7-16)22-17-8-11-23(12-9-17)18-5-3-14-25-18;/h3,5,14,16-17H,2,4,6-13,15H2,1H3,(H2,20,21,22);1H. The quantitative estimate of drug-likeness (QED) is 0.239. The number of ether oxygens (including phenoxy) is 1. The smallest absolute Gasteiger partial charge is 0.191 e. The second-order valence-electron chi connectivity index (χ2n) is 6.99. The largest absolute Gasteiger partial charge is 0.381 e. The number of guanidine groups is 1. The van der Waals surface area contributed by atoms with Crippen molar-refractivity contribution in [1.29, 1.82) is 0 Å². The van der Waals surface area contributed by atoms with E-state index < -0.39 is 0 Å². The Hall–Kier alpha value is -0.540. The molecule has 3 rings (SSSR count). The lowest BCUT2D eigenvalue weighted by atomic mass is 10.1. The second kappa shape index (κ2) is 12.0. The average molecular weight is 492 g/mol. The highest BCUT2D eigenvalue weighted by molar-refractivity contribution is 14.0. The highest BCUT2D eigenvalue weighted by Gasteiger charge is 2.21. The summed E-state index contributed by atoms with van der Waals surface area (Å²) in [6, 6.07) is 4.87. The van der Waals surface area contributed by atoms with Crippen molar-refractivity contribution in [3.05, 3.63) is 17.5 Å². The third-order valence-electron chi connectivity index (χ3n) is 4.77. The molecular formula is C19H33IN4OS. The van der Waals surface area contributed by atoms with E-state index in [0.29, 0.717) is 6.04 Å². The third kappa shape index (κ3) is 7.60. The molecule has 148 valence electrons. The first-order chi connectivity index (χ1) is 12.3. The molecule has 1 saturated carbocycles. The molecule has 2 N–H and O–H groups in total. The first-order valence-corrected chi connectivity index (χ1v) is 10.6. The van der Waals surface area contributed by atoms with Gasteiger partial charge in [-0.2, -0.15) is 0 Å². The number of aliphatic imine (C=N–C) groups is 1. The van der Waals surface area contributed by atoms with E-state index in [1.54, 1.807) is 0 Å². The van der Waals surface area contributed by atoms with Gasteiger partial charge in [-0.15, -0.1) is 35.3 Å². The van der Waals surface area contributed by atoms with Crippen molar-refractivity contribution < 1.29 is 4.74 Å². The number of thiophene rings is 1. The molecule has 0 radical (unpaired) electrons. The van der Waals surface area contributed by atoms with Crippen molar-refractivity contribution in [2.45, 2.75) is 45.1 Å². The summed E-state index contributed by atoms with van der Waals surface area (Å²) in [6.07, 6.45) is 6.04. The minimum absolute atomic E-state index is 0. The van der Waals surface area contributed by atoms with Crippen molar-refractivity contribution in [2.75, 3.05) is 44.3 Å². The summed E-state index contributed by atoms with van der Waals surface area (Å²) in [4.78, 5) is 7.20. The van der Waals surface area contributed by atoms with Crippen LogP contribution in [0.15, 0.2) is 22.5 Å². The zero-order valence-electron chi connectivity index (χ0n) is 15.8. The molecule has 0 aromatic carbocycles. The molecule has 2 heterocycles. The number of rotatable bonds is 9. The van der Waals surface area contributed by atoms with Gasteiger partial charge in [0.15, 0.2) is 5.96 Å². The van der Waals surface area contributed by atoms with Crippen LogP contribution in [0, 0.1) is 5.92 Å². The number of nitrogens with zero attached hydrogens (tertiary/aromatic N) is 2. The number of hydrogen-bond acceptors (Lipinski definition) is 4. The van der Waals surface area contributed by atoms with E-state index in [2.05, 4.69) is 40.0 Å². The predicted molar refractivity (Wildman–Crippen MR) is 122 cm³/mol. The predicted octanol–water partition coefficient (Wildman–Crippen LogP) is 3.71. The van der Waals surface area contributed by atoms with Gasteiger partial charge in [-0.1, -0.05) is 0 Å². The van der Waals surface area contributed by atoms with Crippen LogP contribution in [0.4, 0.5) is 5.00 Å². The van der Waals surface area contributed by atoms with Crippen LogP contribution in [0.1, 0.15) is 39.0 Å².